The van der Waals surface area contributed by atoms with Crippen LogP contribution in [0.1, 0.15) is 11.3 Å². The Morgan fingerprint density at radius 2 is 2.20 bits per heavy atom. The summed E-state index contributed by atoms with van der Waals surface area (Å²) in [6.07, 6.45) is 4.53. The Morgan fingerprint density at radius 1 is 1.40 bits per heavy atom. The van der Waals surface area contributed by atoms with E-state index in [-0.39, 0.29) is 13.0 Å². The Balaban J connectivity index is 1.79. The standard InChI is InChI=1S/C14H14N3O3/c18-8-13(6-12-7-15-10-16-12)17-14(19)20-9-11-4-2-1-3-5-11/h1-5,7,10,13H,6,9H2,(H,15,16)(H,17,19). The monoisotopic (exact) mass is 272 g/mol. The fraction of sp³-hybridized carbons (Fsp3) is 0.214. The Morgan fingerprint density at radius 3 is 2.85 bits per heavy atom. The topological polar surface area (TPSA) is 84.1 Å². The second kappa shape index (κ2) is 7.08. The van der Waals surface area contributed by atoms with E-state index in [9.17, 15) is 9.59 Å². The fourth-order valence-corrected chi connectivity index (χ4v) is 1.64. The molecule has 1 heterocycles. The van der Waals surface area contributed by atoms with Crippen LogP contribution in [0.4, 0.5) is 4.79 Å². The van der Waals surface area contributed by atoms with Crippen LogP contribution in [0.5, 0.6) is 0 Å². The zero-order valence-corrected chi connectivity index (χ0v) is 10.7. The van der Waals surface area contributed by atoms with E-state index >= 15 is 0 Å². The molecule has 20 heavy (non-hydrogen) atoms. The van der Waals surface area contributed by atoms with Crippen LogP contribution >= 0.6 is 0 Å². The van der Waals surface area contributed by atoms with E-state index in [0.717, 1.165) is 5.56 Å². The van der Waals surface area contributed by atoms with E-state index in [4.69, 9.17) is 4.74 Å². The molecule has 2 rings (SSSR count). The molecule has 0 saturated carbocycles. The summed E-state index contributed by atoms with van der Waals surface area (Å²) in [5.74, 6) is 0. The van der Waals surface area contributed by atoms with Gasteiger partial charge in [-0.05, 0) is 5.56 Å². The maximum atomic E-state index is 11.6. The summed E-state index contributed by atoms with van der Waals surface area (Å²) in [7, 11) is 0. The third-order valence-corrected chi connectivity index (χ3v) is 2.62. The fourth-order valence-electron chi connectivity index (χ4n) is 1.64. The summed E-state index contributed by atoms with van der Waals surface area (Å²) in [6.45, 7) is 0.153. The van der Waals surface area contributed by atoms with Crippen LogP contribution in [0.25, 0.3) is 0 Å². The maximum absolute atomic E-state index is 11.6. The SMILES string of the molecule is O=[C]C(Cc1c[nH]cn1)NC(=O)OCc1ccccc1. The number of H-pyrrole nitrogens is 1. The zero-order chi connectivity index (χ0) is 14.2. The van der Waals surface area contributed by atoms with Crippen LogP contribution in [-0.2, 0) is 22.6 Å². The summed E-state index contributed by atoms with van der Waals surface area (Å²) >= 11 is 0. The molecule has 1 aromatic carbocycles. The second-order valence-corrected chi connectivity index (χ2v) is 4.14. The first kappa shape index (κ1) is 13.8. The van der Waals surface area contributed by atoms with Gasteiger partial charge in [-0.2, -0.15) is 0 Å². The summed E-state index contributed by atoms with van der Waals surface area (Å²) < 4.78 is 5.02. The van der Waals surface area contributed by atoms with E-state index in [2.05, 4.69) is 15.3 Å². The number of hydrogen-bond acceptors (Lipinski definition) is 4. The number of alkyl carbamates (subject to hydrolysis) is 1. The minimum Gasteiger partial charge on any atom is -0.445 e. The highest BCUT2D eigenvalue weighted by atomic mass is 16.5. The number of hydrogen-bond donors (Lipinski definition) is 2. The molecule has 0 aliphatic carbocycles. The molecular weight excluding hydrogens is 258 g/mol. The molecule has 1 amide bonds. The number of carbonyl (C=O) groups excluding carboxylic acids is 2. The number of benzene rings is 1. The van der Waals surface area contributed by atoms with E-state index in [1.54, 1.807) is 12.5 Å². The number of ether oxygens (including phenoxy) is 1. The van der Waals surface area contributed by atoms with Gasteiger partial charge in [0.05, 0.1) is 12.0 Å². The molecule has 2 aromatic rings. The Labute approximate surface area is 116 Å². The first-order valence-corrected chi connectivity index (χ1v) is 6.10. The molecule has 6 heteroatoms. The highest BCUT2D eigenvalue weighted by molar-refractivity contribution is 5.73. The first-order valence-electron chi connectivity index (χ1n) is 6.10. The number of aromatic nitrogens is 2. The number of nitrogens with zero attached hydrogens (tertiary/aromatic N) is 1. The average molecular weight is 272 g/mol. The van der Waals surface area contributed by atoms with E-state index < -0.39 is 12.1 Å². The molecule has 103 valence electrons. The number of aromatic amines is 1. The molecule has 2 N–H and O–H groups in total. The van der Waals surface area contributed by atoms with Crippen LogP contribution in [-0.4, -0.2) is 28.4 Å². The largest absolute Gasteiger partial charge is 0.445 e. The Bertz CT molecular complexity index is 540. The lowest BCUT2D eigenvalue weighted by molar-refractivity contribution is 0.138. The predicted molar refractivity (Wildman–Crippen MR) is 71.5 cm³/mol. The number of nitrogens with one attached hydrogen (secondary N) is 2. The van der Waals surface area contributed by atoms with Crippen molar-refractivity contribution >= 4 is 12.4 Å². The van der Waals surface area contributed by atoms with Crippen LogP contribution < -0.4 is 5.32 Å². The van der Waals surface area contributed by atoms with Crippen molar-refractivity contribution in [3.8, 4) is 0 Å². The number of rotatable bonds is 6. The van der Waals surface area contributed by atoms with Gasteiger partial charge in [0, 0.05) is 12.6 Å². The highest BCUT2D eigenvalue weighted by Gasteiger charge is 2.14. The van der Waals surface area contributed by atoms with Crippen molar-refractivity contribution in [2.45, 2.75) is 19.1 Å². The van der Waals surface area contributed by atoms with Gasteiger partial charge in [-0.25, -0.2) is 9.78 Å². The molecule has 0 bridgehead atoms. The molecule has 0 spiro atoms. The van der Waals surface area contributed by atoms with Crippen molar-refractivity contribution in [2.75, 3.05) is 0 Å². The lowest BCUT2D eigenvalue weighted by Crippen LogP contribution is -2.37. The molecule has 0 fully saturated rings. The molecule has 1 aromatic heterocycles. The van der Waals surface area contributed by atoms with Crippen molar-refractivity contribution in [2.24, 2.45) is 0 Å². The lowest BCUT2D eigenvalue weighted by atomic mass is 10.2. The van der Waals surface area contributed by atoms with E-state index in [0.29, 0.717) is 5.69 Å². The smallest absolute Gasteiger partial charge is 0.408 e. The highest BCUT2D eigenvalue weighted by Crippen LogP contribution is 2.01. The minimum atomic E-state index is -0.776. The molecule has 0 saturated heterocycles. The van der Waals surface area contributed by atoms with Crippen LogP contribution in [0, 0.1) is 0 Å². The quantitative estimate of drug-likeness (QED) is 0.831. The molecule has 0 aliphatic rings. The van der Waals surface area contributed by atoms with Gasteiger partial charge in [0.1, 0.15) is 12.6 Å². The third kappa shape index (κ3) is 4.24. The van der Waals surface area contributed by atoms with E-state index in [1.807, 2.05) is 30.3 Å². The number of imidazole rings is 1. The Kier molecular flexibility index (Phi) is 4.88. The summed E-state index contributed by atoms with van der Waals surface area (Å²) in [4.78, 5) is 29.1. The molecule has 1 radical (unpaired) electrons. The predicted octanol–water partition coefficient (Wildman–Crippen LogP) is 1.36. The van der Waals surface area contributed by atoms with Gasteiger partial charge in [0.2, 0.25) is 6.29 Å². The number of amides is 1. The van der Waals surface area contributed by atoms with Gasteiger partial charge in [-0.15, -0.1) is 0 Å². The first-order chi connectivity index (χ1) is 9.78. The number of carbonyl (C=O) groups is 1. The second-order valence-electron chi connectivity index (χ2n) is 4.14. The van der Waals surface area contributed by atoms with Crippen molar-refractivity contribution in [1.29, 1.82) is 0 Å². The maximum Gasteiger partial charge on any atom is 0.408 e. The molecule has 1 unspecified atom stereocenters. The van der Waals surface area contributed by atoms with Crippen molar-refractivity contribution in [3.63, 3.8) is 0 Å². The van der Waals surface area contributed by atoms with Gasteiger partial charge >= 0.3 is 6.09 Å². The molecule has 0 aliphatic heterocycles. The normalized spacial score (nSPS) is 11.6. The van der Waals surface area contributed by atoms with Gasteiger partial charge in [-0.3, -0.25) is 4.79 Å². The summed E-state index contributed by atoms with van der Waals surface area (Å²) in [5.41, 5.74) is 1.54. The van der Waals surface area contributed by atoms with Crippen molar-refractivity contribution in [3.05, 3.63) is 54.1 Å². The molecule has 1 atom stereocenters. The summed E-state index contributed by atoms with van der Waals surface area (Å²) in [6, 6.07) is 8.51. The van der Waals surface area contributed by atoms with Crippen LogP contribution in [0.2, 0.25) is 0 Å². The van der Waals surface area contributed by atoms with Gasteiger partial charge in [0.25, 0.3) is 0 Å². The minimum absolute atomic E-state index is 0.153. The zero-order valence-electron chi connectivity index (χ0n) is 10.7. The van der Waals surface area contributed by atoms with Gasteiger partial charge < -0.3 is 15.0 Å². The van der Waals surface area contributed by atoms with Crippen LogP contribution in [0.15, 0.2) is 42.9 Å². The Hall–Kier alpha value is -2.63. The van der Waals surface area contributed by atoms with Gasteiger partial charge in [0.15, 0.2) is 0 Å². The lowest BCUT2D eigenvalue weighted by Gasteiger charge is -2.11. The van der Waals surface area contributed by atoms with Crippen molar-refractivity contribution in [1.82, 2.24) is 15.3 Å². The van der Waals surface area contributed by atoms with Crippen LogP contribution in [0.3, 0.4) is 0 Å². The molecular formula is C14H14N3O3. The third-order valence-electron chi connectivity index (χ3n) is 2.62. The summed E-state index contributed by atoms with van der Waals surface area (Å²) in [5, 5.41) is 2.44. The average Bonchev–Trinajstić information content (AvgIpc) is 2.98. The van der Waals surface area contributed by atoms with E-state index in [1.165, 1.54) is 6.33 Å². The van der Waals surface area contributed by atoms with Crippen molar-refractivity contribution < 1.29 is 14.3 Å². The molecule has 6 nitrogen and oxygen atoms in total. The van der Waals surface area contributed by atoms with Gasteiger partial charge in [-0.1, -0.05) is 30.3 Å².